The number of ketones is 1. The highest BCUT2D eigenvalue weighted by Crippen LogP contribution is 2.34. The second kappa shape index (κ2) is 6.57. The van der Waals surface area contributed by atoms with Gasteiger partial charge in [-0.2, -0.15) is 0 Å². The Labute approximate surface area is 114 Å². The Morgan fingerprint density at radius 2 is 2.11 bits per heavy atom. The minimum atomic E-state index is 0.0226. The van der Waals surface area contributed by atoms with Crippen molar-refractivity contribution < 1.29 is 14.3 Å². The fourth-order valence-electron chi connectivity index (χ4n) is 2.45. The number of para-hydroxylation sites is 1. The summed E-state index contributed by atoms with van der Waals surface area (Å²) in [5.74, 6) is 1.25. The molecule has 19 heavy (non-hydrogen) atoms. The molecule has 0 bridgehead atoms. The van der Waals surface area contributed by atoms with Gasteiger partial charge in [-0.1, -0.05) is 6.07 Å². The SMILES string of the molecule is CNCC(=O)c1cccc(OC)c1OC1CCCC1. The van der Waals surface area contributed by atoms with Crippen LogP contribution in [0.25, 0.3) is 0 Å². The largest absolute Gasteiger partial charge is 0.493 e. The van der Waals surface area contributed by atoms with Crippen LogP contribution in [0.1, 0.15) is 36.0 Å². The van der Waals surface area contributed by atoms with Crippen molar-refractivity contribution in [2.75, 3.05) is 20.7 Å². The molecule has 1 fully saturated rings. The van der Waals surface area contributed by atoms with E-state index in [1.807, 2.05) is 12.1 Å². The Balaban J connectivity index is 2.27. The third kappa shape index (κ3) is 3.26. The molecule has 0 amide bonds. The number of rotatable bonds is 6. The van der Waals surface area contributed by atoms with Crippen molar-refractivity contribution in [1.29, 1.82) is 0 Å². The highest BCUT2D eigenvalue weighted by molar-refractivity contribution is 6.00. The van der Waals surface area contributed by atoms with Crippen LogP contribution in [0.5, 0.6) is 11.5 Å². The number of methoxy groups -OCH3 is 1. The Hall–Kier alpha value is -1.55. The molecule has 0 unspecified atom stereocenters. The molecule has 1 aliphatic carbocycles. The van der Waals surface area contributed by atoms with Gasteiger partial charge in [0.25, 0.3) is 0 Å². The number of hydrogen-bond acceptors (Lipinski definition) is 4. The summed E-state index contributed by atoms with van der Waals surface area (Å²) in [5, 5.41) is 2.88. The van der Waals surface area contributed by atoms with Gasteiger partial charge >= 0.3 is 0 Å². The van der Waals surface area contributed by atoms with Crippen LogP contribution in [0.2, 0.25) is 0 Å². The van der Waals surface area contributed by atoms with Crippen molar-refractivity contribution >= 4 is 5.78 Å². The minimum absolute atomic E-state index is 0.0226. The maximum Gasteiger partial charge on any atom is 0.180 e. The molecular formula is C15H21NO3. The van der Waals surface area contributed by atoms with E-state index in [0.717, 1.165) is 12.8 Å². The average molecular weight is 263 g/mol. The number of ether oxygens (including phenoxy) is 2. The first-order chi connectivity index (χ1) is 9.26. The van der Waals surface area contributed by atoms with Crippen molar-refractivity contribution in [3.63, 3.8) is 0 Å². The lowest BCUT2D eigenvalue weighted by Crippen LogP contribution is -2.21. The lowest BCUT2D eigenvalue weighted by atomic mass is 10.1. The van der Waals surface area contributed by atoms with Gasteiger partial charge in [-0.3, -0.25) is 4.79 Å². The van der Waals surface area contributed by atoms with E-state index in [1.165, 1.54) is 12.8 Å². The van der Waals surface area contributed by atoms with Crippen LogP contribution in [-0.4, -0.2) is 32.6 Å². The third-order valence-electron chi connectivity index (χ3n) is 3.42. The van der Waals surface area contributed by atoms with E-state index >= 15 is 0 Å². The van der Waals surface area contributed by atoms with Crippen LogP contribution in [0.3, 0.4) is 0 Å². The Morgan fingerprint density at radius 3 is 2.74 bits per heavy atom. The van der Waals surface area contributed by atoms with Gasteiger partial charge < -0.3 is 14.8 Å². The summed E-state index contributed by atoms with van der Waals surface area (Å²) in [4.78, 5) is 12.1. The van der Waals surface area contributed by atoms with Crippen LogP contribution in [0.15, 0.2) is 18.2 Å². The number of hydrogen-bond donors (Lipinski definition) is 1. The van der Waals surface area contributed by atoms with E-state index < -0.39 is 0 Å². The second-order valence-corrected chi connectivity index (χ2v) is 4.81. The zero-order valence-electron chi connectivity index (χ0n) is 11.6. The summed E-state index contributed by atoms with van der Waals surface area (Å²) in [6.07, 6.45) is 4.70. The number of benzene rings is 1. The van der Waals surface area contributed by atoms with Crippen molar-refractivity contribution in [2.24, 2.45) is 0 Å². The van der Waals surface area contributed by atoms with Gasteiger partial charge in [-0.05, 0) is 44.9 Å². The van der Waals surface area contributed by atoms with Crippen LogP contribution in [-0.2, 0) is 0 Å². The van der Waals surface area contributed by atoms with Gasteiger partial charge in [-0.15, -0.1) is 0 Å². The van der Waals surface area contributed by atoms with Crippen molar-refractivity contribution in [2.45, 2.75) is 31.8 Å². The Morgan fingerprint density at radius 1 is 1.37 bits per heavy atom. The smallest absolute Gasteiger partial charge is 0.180 e. The molecule has 1 saturated carbocycles. The fourth-order valence-corrected chi connectivity index (χ4v) is 2.45. The number of carbonyl (C=O) groups is 1. The van der Waals surface area contributed by atoms with Gasteiger partial charge in [0, 0.05) is 0 Å². The van der Waals surface area contributed by atoms with E-state index in [4.69, 9.17) is 9.47 Å². The van der Waals surface area contributed by atoms with Crippen LogP contribution in [0.4, 0.5) is 0 Å². The van der Waals surface area contributed by atoms with Crippen molar-refractivity contribution in [3.8, 4) is 11.5 Å². The molecule has 0 spiro atoms. The number of Topliss-reactive ketones (excluding diaryl/α,β-unsaturated/α-hetero) is 1. The topological polar surface area (TPSA) is 47.6 Å². The highest BCUT2D eigenvalue weighted by Gasteiger charge is 2.22. The number of nitrogens with one attached hydrogen (secondary N) is 1. The lowest BCUT2D eigenvalue weighted by molar-refractivity contribution is 0.0985. The molecule has 0 aliphatic heterocycles. The second-order valence-electron chi connectivity index (χ2n) is 4.81. The van der Waals surface area contributed by atoms with Gasteiger partial charge in [0.15, 0.2) is 17.3 Å². The molecule has 0 atom stereocenters. The summed E-state index contributed by atoms with van der Waals surface area (Å²) in [5.41, 5.74) is 0.598. The fraction of sp³-hybridized carbons (Fsp3) is 0.533. The van der Waals surface area contributed by atoms with Crippen molar-refractivity contribution in [3.05, 3.63) is 23.8 Å². The monoisotopic (exact) mass is 263 g/mol. The van der Waals surface area contributed by atoms with Gasteiger partial charge in [-0.25, -0.2) is 0 Å². The molecule has 1 aliphatic rings. The normalized spacial score (nSPS) is 15.5. The molecule has 2 rings (SSSR count). The predicted octanol–water partition coefficient (Wildman–Crippen LogP) is 2.42. The average Bonchev–Trinajstić information content (AvgIpc) is 2.92. The summed E-state index contributed by atoms with van der Waals surface area (Å²) in [6.45, 7) is 0.300. The van der Waals surface area contributed by atoms with E-state index in [1.54, 1.807) is 20.2 Å². The molecule has 0 heterocycles. The van der Waals surface area contributed by atoms with E-state index in [0.29, 0.717) is 23.6 Å². The van der Waals surface area contributed by atoms with Gasteiger partial charge in [0.2, 0.25) is 0 Å². The first-order valence-corrected chi connectivity index (χ1v) is 6.77. The molecule has 4 heteroatoms. The Bertz CT molecular complexity index is 439. The zero-order chi connectivity index (χ0) is 13.7. The van der Waals surface area contributed by atoms with E-state index in [-0.39, 0.29) is 11.9 Å². The first kappa shape index (κ1) is 13.9. The quantitative estimate of drug-likeness (QED) is 0.801. The zero-order valence-corrected chi connectivity index (χ0v) is 11.6. The molecule has 104 valence electrons. The summed E-state index contributed by atoms with van der Waals surface area (Å²) >= 11 is 0. The van der Waals surface area contributed by atoms with Crippen molar-refractivity contribution in [1.82, 2.24) is 5.32 Å². The maximum atomic E-state index is 12.1. The molecule has 1 N–H and O–H groups in total. The van der Waals surface area contributed by atoms with E-state index in [9.17, 15) is 4.79 Å². The molecule has 0 radical (unpaired) electrons. The van der Waals surface area contributed by atoms with Crippen LogP contribution >= 0.6 is 0 Å². The highest BCUT2D eigenvalue weighted by atomic mass is 16.5. The summed E-state index contributed by atoms with van der Waals surface area (Å²) in [7, 11) is 3.36. The molecular weight excluding hydrogens is 242 g/mol. The first-order valence-electron chi connectivity index (χ1n) is 6.77. The van der Waals surface area contributed by atoms with Crippen LogP contribution in [0, 0.1) is 0 Å². The predicted molar refractivity (Wildman–Crippen MR) is 74.1 cm³/mol. The molecule has 1 aromatic carbocycles. The molecule has 0 saturated heterocycles. The maximum absolute atomic E-state index is 12.1. The molecule has 1 aromatic rings. The van der Waals surface area contributed by atoms with Crippen LogP contribution < -0.4 is 14.8 Å². The summed E-state index contributed by atoms with van der Waals surface area (Å²) < 4.78 is 11.3. The van der Waals surface area contributed by atoms with E-state index in [2.05, 4.69) is 5.32 Å². The van der Waals surface area contributed by atoms with Gasteiger partial charge in [0.05, 0.1) is 25.3 Å². The standard InChI is InChI=1S/C15H21NO3/c1-16-10-13(17)12-8-5-9-14(18-2)15(12)19-11-6-3-4-7-11/h5,8-9,11,16H,3-4,6-7,10H2,1-2H3. The lowest BCUT2D eigenvalue weighted by Gasteiger charge is -2.18. The number of carbonyl (C=O) groups excluding carboxylic acids is 1. The molecule has 0 aromatic heterocycles. The number of likely N-dealkylation sites (N-methyl/N-ethyl adjacent to an activating group) is 1. The van der Waals surface area contributed by atoms with Gasteiger partial charge in [0.1, 0.15) is 0 Å². The Kier molecular flexibility index (Phi) is 4.80. The third-order valence-corrected chi connectivity index (χ3v) is 3.42. The molecule has 4 nitrogen and oxygen atoms in total. The minimum Gasteiger partial charge on any atom is -0.493 e. The summed E-state index contributed by atoms with van der Waals surface area (Å²) in [6, 6.07) is 5.45.